The van der Waals surface area contributed by atoms with Crippen LogP contribution in [-0.2, 0) is 12.6 Å². The van der Waals surface area contributed by atoms with Crippen molar-refractivity contribution in [3.63, 3.8) is 0 Å². The molecule has 0 aliphatic heterocycles. The van der Waals surface area contributed by atoms with Gasteiger partial charge in [-0.25, -0.2) is 4.98 Å². The molecule has 0 bridgehead atoms. The van der Waals surface area contributed by atoms with E-state index in [-0.39, 0.29) is 6.54 Å². The van der Waals surface area contributed by atoms with E-state index in [0.717, 1.165) is 15.9 Å². The van der Waals surface area contributed by atoms with Gasteiger partial charge in [-0.15, -0.1) is 0 Å². The first-order chi connectivity index (χ1) is 14.6. The summed E-state index contributed by atoms with van der Waals surface area (Å²) < 4.78 is 47.9. The largest absolute Gasteiger partial charge is 0.491 e. The van der Waals surface area contributed by atoms with Crippen molar-refractivity contribution in [2.75, 3.05) is 33.3 Å². The minimum absolute atomic E-state index is 0.242. The van der Waals surface area contributed by atoms with Gasteiger partial charge in [0.15, 0.2) is 5.96 Å². The number of aliphatic imine (C=N–C) groups is 1. The van der Waals surface area contributed by atoms with Crippen molar-refractivity contribution in [1.29, 1.82) is 0 Å². The Bertz CT molecular complexity index is 869. The number of alkyl halides is 3. The molecule has 0 amide bonds. The fourth-order valence-electron chi connectivity index (χ4n) is 3.05. The summed E-state index contributed by atoms with van der Waals surface area (Å²) in [4.78, 5) is 9.75. The predicted octanol–water partition coefficient (Wildman–Crippen LogP) is 2.84. The molecular formula is C21H30F3N5O2. The number of halogens is 3. The summed E-state index contributed by atoms with van der Waals surface area (Å²) in [6.07, 6.45) is -2.94. The maximum atomic E-state index is 13.6. The maximum absolute atomic E-state index is 13.6. The number of nitrogens with one attached hydrogen (secondary N) is 1. The molecule has 0 saturated heterocycles. The second kappa shape index (κ2) is 10.5. The summed E-state index contributed by atoms with van der Waals surface area (Å²) in [5, 5.41) is 13.5. The van der Waals surface area contributed by atoms with Crippen molar-refractivity contribution in [2.45, 2.75) is 32.0 Å². The van der Waals surface area contributed by atoms with E-state index < -0.39 is 24.0 Å². The standard InChI is InChI=1S/C21H30F3N5O2/c1-5-25-19(29(4)14-15-31-17-9-7-6-8-16(17)2)27-11-10-20(30,21(22,23)24)18-26-12-13-28(18)3/h6-9,12-13,30H,5,10-11,14-15H2,1-4H3,(H,25,27). The molecule has 1 aromatic carbocycles. The smallest absolute Gasteiger partial charge is 0.424 e. The third-order valence-corrected chi connectivity index (χ3v) is 4.87. The van der Waals surface area contributed by atoms with Gasteiger partial charge in [0.1, 0.15) is 18.2 Å². The van der Waals surface area contributed by atoms with E-state index in [2.05, 4.69) is 15.3 Å². The Hall–Kier alpha value is -2.75. The van der Waals surface area contributed by atoms with Gasteiger partial charge in [-0.2, -0.15) is 13.2 Å². The maximum Gasteiger partial charge on any atom is 0.424 e. The Morgan fingerprint density at radius 2 is 2.03 bits per heavy atom. The monoisotopic (exact) mass is 441 g/mol. The summed E-state index contributed by atoms with van der Waals surface area (Å²) in [6.45, 7) is 4.98. The van der Waals surface area contributed by atoms with Gasteiger partial charge in [-0.3, -0.25) is 4.99 Å². The van der Waals surface area contributed by atoms with Gasteiger partial charge in [0.25, 0.3) is 0 Å². The molecule has 0 spiro atoms. The first kappa shape index (κ1) is 24.5. The lowest BCUT2D eigenvalue weighted by Gasteiger charge is -2.29. The Labute approximate surface area is 180 Å². The van der Waals surface area contributed by atoms with Crippen molar-refractivity contribution in [3.8, 4) is 5.75 Å². The fraction of sp³-hybridized carbons (Fsp3) is 0.524. The van der Waals surface area contributed by atoms with Crippen LogP contribution in [0.3, 0.4) is 0 Å². The lowest BCUT2D eigenvalue weighted by molar-refractivity contribution is -0.272. The van der Waals surface area contributed by atoms with E-state index in [4.69, 9.17) is 4.74 Å². The molecule has 2 N–H and O–H groups in total. The number of aryl methyl sites for hydroxylation is 2. The van der Waals surface area contributed by atoms with Gasteiger partial charge >= 0.3 is 6.18 Å². The molecule has 0 aliphatic rings. The van der Waals surface area contributed by atoms with Crippen LogP contribution in [0.15, 0.2) is 41.7 Å². The van der Waals surface area contributed by atoms with Gasteiger partial charge in [0.05, 0.1) is 6.54 Å². The predicted molar refractivity (Wildman–Crippen MR) is 113 cm³/mol. The SMILES string of the molecule is CCNC(=NCCC(O)(c1nccn1C)C(F)(F)F)N(C)CCOc1ccccc1C. The van der Waals surface area contributed by atoms with E-state index in [0.29, 0.717) is 25.7 Å². The van der Waals surface area contributed by atoms with E-state index in [1.54, 1.807) is 11.9 Å². The molecule has 1 aromatic heterocycles. The Kier molecular flexibility index (Phi) is 8.32. The molecule has 1 unspecified atom stereocenters. The average Bonchev–Trinajstić information content (AvgIpc) is 3.14. The van der Waals surface area contributed by atoms with Gasteiger partial charge in [0, 0.05) is 46.0 Å². The van der Waals surface area contributed by atoms with Gasteiger partial charge in [-0.1, -0.05) is 18.2 Å². The zero-order chi connectivity index (χ0) is 23.1. The first-order valence-electron chi connectivity index (χ1n) is 10.0. The number of nitrogens with zero attached hydrogens (tertiary/aromatic N) is 4. The molecule has 1 heterocycles. The van der Waals surface area contributed by atoms with Crippen molar-refractivity contribution >= 4 is 5.96 Å². The Balaban J connectivity index is 2.03. The quantitative estimate of drug-likeness (QED) is 0.462. The van der Waals surface area contributed by atoms with Gasteiger partial charge in [0.2, 0.25) is 5.60 Å². The second-order valence-corrected chi connectivity index (χ2v) is 7.24. The molecular weight excluding hydrogens is 411 g/mol. The highest BCUT2D eigenvalue weighted by molar-refractivity contribution is 5.79. The molecule has 1 atom stereocenters. The Morgan fingerprint density at radius 1 is 1.32 bits per heavy atom. The number of aliphatic hydroxyl groups is 1. The van der Waals surface area contributed by atoms with Crippen LogP contribution in [0.5, 0.6) is 5.75 Å². The number of rotatable bonds is 9. The molecule has 0 fully saturated rings. The topological polar surface area (TPSA) is 74.9 Å². The summed E-state index contributed by atoms with van der Waals surface area (Å²) in [5.74, 6) is 0.753. The average molecular weight is 441 g/mol. The van der Waals surface area contributed by atoms with E-state index in [9.17, 15) is 18.3 Å². The summed E-state index contributed by atoms with van der Waals surface area (Å²) in [5.41, 5.74) is -2.06. The number of guanidine groups is 1. The van der Waals surface area contributed by atoms with Crippen molar-refractivity contribution in [2.24, 2.45) is 12.0 Å². The molecule has 0 saturated carbocycles. The van der Waals surface area contributed by atoms with E-state index in [1.165, 1.54) is 19.4 Å². The number of para-hydroxylation sites is 1. The number of benzene rings is 1. The van der Waals surface area contributed by atoms with Crippen molar-refractivity contribution in [3.05, 3.63) is 48.0 Å². The molecule has 2 rings (SSSR count). The van der Waals surface area contributed by atoms with Crippen LogP contribution in [0.25, 0.3) is 0 Å². The Morgan fingerprint density at radius 3 is 2.61 bits per heavy atom. The number of hydrogen-bond donors (Lipinski definition) is 2. The zero-order valence-corrected chi connectivity index (χ0v) is 18.3. The van der Waals surface area contributed by atoms with Crippen molar-refractivity contribution in [1.82, 2.24) is 19.8 Å². The van der Waals surface area contributed by atoms with Crippen LogP contribution in [0, 0.1) is 6.92 Å². The van der Waals surface area contributed by atoms with Crippen molar-refractivity contribution < 1.29 is 23.0 Å². The molecule has 0 aliphatic carbocycles. The third kappa shape index (κ3) is 6.13. The molecule has 0 radical (unpaired) electrons. The number of hydrogen-bond acceptors (Lipinski definition) is 4. The molecule has 2 aromatic rings. The first-order valence-corrected chi connectivity index (χ1v) is 10.0. The minimum atomic E-state index is -4.88. The van der Waals surface area contributed by atoms with Crippen LogP contribution in [0.4, 0.5) is 13.2 Å². The summed E-state index contributed by atoms with van der Waals surface area (Å²) in [7, 11) is 3.19. The molecule has 31 heavy (non-hydrogen) atoms. The van der Waals surface area contributed by atoms with Gasteiger partial charge in [-0.05, 0) is 25.5 Å². The highest BCUT2D eigenvalue weighted by atomic mass is 19.4. The van der Waals surface area contributed by atoms with E-state index >= 15 is 0 Å². The zero-order valence-electron chi connectivity index (χ0n) is 18.3. The van der Waals surface area contributed by atoms with E-state index in [1.807, 2.05) is 38.1 Å². The number of aromatic nitrogens is 2. The highest BCUT2D eigenvalue weighted by Gasteiger charge is 2.57. The fourth-order valence-corrected chi connectivity index (χ4v) is 3.05. The van der Waals surface area contributed by atoms with Crippen LogP contribution in [-0.4, -0.2) is 65.0 Å². The number of likely N-dealkylation sites (N-methyl/N-ethyl adjacent to an activating group) is 1. The third-order valence-electron chi connectivity index (χ3n) is 4.87. The summed E-state index contributed by atoms with van der Waals surface area (Å²) >= 11 is 0. The molecule has 10 heteroatoms. The normalized spacial score (nSPS) is 14.3. The highest BCUT2D eigenvalue weighted by Crippen LogP contribution is 2.40. The minimum Gasteiger partial charge on any atom is -0.491 e. The van der Waals surface area contributed by atoms with Crippen LogP contribution in [0.2, 0.25) is 0 Å². The lowest BCUT2D eigenvalue weighted by atomic mass is 9.98. The van der Waals surface area contributed by atoms with Gasteiger partial charge < -0.3 is 24.6 Å². The molecule has 172 valence electrons. The van der Waals surface area contributed by atoms with Crippen LogP contribution >= 0.6 is 0 Å². The summed E-state index contributed by atoms with van der Waals surface area (Å²) in [6, 6.07) is 7.65. The molecule has 7 nitrogen and oxygen atoms in total. The lowest BCUT2D eigenvalue weighted by Crippen LogP contribution is -2.45. The van der Waals surface area contributed by atoms with Crippen LogP contribution in [0.1, 0.15) is 24.7 Å². The number of imidazole rings is 1. The number of ether oxygens (including phenoxy) is 1. The van der Waals surface area contributed by atoms with Crippen LogP contribution < -0.4 is 10.1 Å². The second-order valence-electron chi connectivity index (χ2n) is 7.24.